The quantitative estimate of drug-likeness (QED) is 0.742. The molecule has 1 nitrogen and oxygen atoms in total. The lowest BCUT2D eigenvalue weighted by Crippen LogP contribution is -1.92. The molecular weight excluding hydrogens is 263 g/mol. The van der Waals surface area contributed by atoms with E-state index in [2.05, 4.69) is 22.5 Å². The summed E-state index contributed by atoms with van der Waals surface area (Å²) in [6, 6.07) is 3.82. The minimum Gasteiger partial charge on any atom is -0.494 e. The van der Waals surface area contributed by atoms with Crippen molar-refractivity contribution in [2.45, 2.75) is 13.8 Å². The zero-order valence-corrected chi connectivity index (χ0v) is 10.6. The molecule has 0 heterocycles. The van der Waals surface area contributed by atoms with Crippen LogP contribution in [0.5, 0.6) is 0 Å². The molecule has 0 fully saturated rings. The van der Waals surface area contributed by atoms with E-state index in [4.69, 9.17) is 16.3 Å². The third-order valence-corrected chi connectivity index (χ3v) is 3.03. The van der Waals surface area contributed by atoms with Crippen molar-refractivity contribution in [3.63, 3.8) is 0 Å². The van der Waals surface area contributed by atoms with Crippen LogP contribution in [0.1, 0.15) is 18.1 Å². The first kappa shape index (κ1) is 11.6. The van der Waals surface area contributed by atoms with Crippen molar-refractivity contribution in [3.8, 4) is 0 Å². The van der Waals surface area contributed by atoms with Crippen LogP contribution in [0.4, 0.5) is 0 Å². The molecule has 0 aliphatic rings. The molecule has 1 aromatic rings. The van der Waals surface area contributed by atoms with Gasteiger partial charge in [0.15, 0.2) is 0 Å². The molecule has 0 atom stereocenters. The Balaban J connectivity index is 3.09. The van der Waals surface area contributed by atoms with Crippen molar-refractivity contribution in [3.05, 3.63) is 39.3 Å². The van der Waals surface area contributed by atoms with E-state index in [1.807, 2.05) is 26.0 Å². The molecule has 0 radical (unpaired) electrons. The van der Waals surface area contributed by atoms with Crippen molar-refractivity contribution in [2.75, 3.05) is 6.61 Å². The van der Waals surface area contributed by atoms with Gasteiger partial charge in [0, 0.05) is 10.0 Å². The lowest BCUT2D eigenvalue weighted by atomic mass is 10.1. The fourth-order valence-electron chi connectivity index (χ4n) is 1.12. The topological polar surface area (TPSA) is 9.23 Å². The number of ether oxygens (including phenoxy) is 1. The zero-order valence-electron chi connectivity index (χ0n) is 8.23. The second-order valence-corrected chi connectivity index (χ2v) is 4.20. The third-order valence-electron chi connectivity index (χ3n) is 1.87. The van der Waals surface area contributed by atoms with Crippen LogP contribution in [0, 0.1) is 6.92 Å². The second-order valence-electron chi connectivity index (χ2n) is 2.94. The summed E-state index contributed by atoms with van der Waals surface area (Å²) < 4.78 is 6.31. The number of halogens is 2. The van der Waals surface area contributed by atoms with Crippen LogP contribution in [0.25, 0.3) is 5.76 Å². The van der Waals surface area contributed by atoms with Gasteiger partial charge < -0.3 is 4.74 Å². The largest absolute Gasteiger partial charge is 0.494 e. The molecule has 1 rings (SSSR count). The average molecular weight is 276 g/mol. The molecule has 76 valence electrons. The smallest absolute Gasteiger partial charge is 0.120 e. The van der Waals surface area contributed by atoms with E-state index in [1.54, 1.807) is 0 Å². The maximum atomic E-state index is 6.06. The molecular formula is C11H12BrClO. The third kappa shape index (κ3) is 2.52. The van der Waals surface area contributed by atoms with Gasteiger partial charge in [-0.05, 0) is 31.5 Å². The number of benzene rings is 1. The van der Waals surface area contributed by atoms with E-state index in [0.29, 0.717) is 17.4 Å². The summed E-state index contributed by atoms with van der Waals surface area (Å²) in [6.07, 6.45) is 0. The molecule has 0 bridgehead atoms. The summed E-state index contributed by atoms with van der Waals surface area (Å²) in [5.41, 5.74) is 1.97. The van der Waals surface area contributed by atoms with Crippen LogP contribution in [-0.4, -0.2) is 6.61 Å². The van der Waals surface area contributed by atoms with Gasteiger partial charge in [0.05, 0.1) is 11.6 Å². The number of aryl methyl sites for hydroxylation is 1. The predicted octanol–water partition coefficient (Wildman–Crippen LogP) is 4.42. The van der Waals surface area contributed by atoms with Gasteiger partial charge in [0.2, 0.25) is 0 Å². The van der Waals surface area contributed by atoms with Crippen molar-refractivity contribution in [2.24, 2.45) is 0 Å². The first-order valence-electron chi connectivity index (χ1n) is 4.34. The highest BCUT2D eigenvalue weighted by Crippen LogP contribution is 2.29. The highest BCUT2D eigenvalue weighted by Gasteiger charge is 2.07. The van der Waals surface area contributed by atoms with E-state index < -0.39 is 0 Å². The van der Waals surface area contributed by atoms with Crippen LogP contribution in [0.2, 0.25) is 5.02 Å². The molecule has 0 aliphatic carbocycles. The summed E-state index contributed by atoms with van der Waals surface area (Å²) >= 11 is 9.47. The Hall–Kier alpha value is -0.470. The SMILES string of the molecule is C=C(OCC)c1cc(C)c(Br)cc1Cl. The van der Waals surface area contributed by atoms with Crippen LogP contribution < -0.4 is 0 Å². The molecule has 3 heteroatoms. The van der Waals surface area contributed by atoms with Crippen molar-refractivity contribution >= 4 is 33.3 Å². The predicted molar refractivity (Wildman–Crippen MR) is 64.5 cm³/mol. The lowest BCUT2D eigenvalue weighted by molar-refractivity contribution is 0.299. The lowest BCUT2D eigenvalue weighted by Gasteiger charge is -2.10. The molecule has 0 amide bonds. The molecule has 14 heavy (non-hydrogen) atoms. The van der Waals surface area contributed by atoms with Crippen LogP contribution >= 0.6 is 27.5 Å². The molecule has 0 N–H and O–H groups in total. The van der Waals surface area contributed by atoms with E-state index >= 15 is 0 Å². The normalized spacial score (nSPS) is 10.0. The van der Waals surface area contributed by atoms with Gasteiger partial charge >= 0.3 is 0 Å². The molecule has 1 aromatic carbocycles. The minimum absolute atomic E-state index is 0.601. The Morgan fingerprint density at radius 1 is 1.57 bits per heavy atom. The molecule has 0 unspecified atom stereocenters. The standard InChI is InChI=1S/C11H12BrClO/c1-4-14-8(3)9-5-7(2)10(12)6-11(9)13/h5-6H,3-4H2,1-2H3. The van der Waals surface area contributed by atoms with Gasteiger partial charge in [-0.1, -0.05) is 34.1 Å². The van der Waals surface area contributed by atoms with Gasteiger partial charge in [-0.15, -0.1) is 0 Å². The van der Waals surface area contributed by atoms with E-state index in [0.717, 1.165) is 15.6 Å². The van der Waals surface area contributed by atoms with Gasteiger partial charge in [-0.25, -0.2) is 0 Å². The van der Waals surface area contributed by atoms with E-state index in [-0.39, 0.29) is 0 Å². The number of rotatable bonds is 3. The minimum atomic E-state index is 0.601. The highest BCUT2D eigenvalue weighted by atomic mass is 79.9. The number of hydrogen-bond acceptors (Lipinski definition) is 1. The van der Waals surface area contributed by atoms with Crippen LogP contribution in [0.3, 0.4) is 0 Å². The summed E-state index contributed by atoms with van der Waals surface area (Å²) in [5, 5.41) is 0.654. The van der Waals surface area contributed by atoms with Crippen molar-refractivity contribution < 1.29 is 4.74 Å². The van der Waals surface area contributed by atoms with E-state index in [9.17, 15) is 0 Å². The number of hydrogen-bond donors (Lipinski definition) is 0. The monoisotopic (exact) mass is 274 g/mol. The van der Waals surface area contributed by atoms with Gasteiger partial charge in [-0.3, -0.25) is 0 Å². The summed E-state index contributed by atoms with van der Waals surface area (Å²) in [5.74, 6) is 0.619. The van der Waals surface area contributed by atoms with Crippen LogP contribution in [0.15, 0.2) is 23.2 Å². The molecule has 0 saturated carbocycles. The molecule has 0 aromatic heterocycles. The fraction of sp³-hybridized carbons (Fsp3) is 0.273. The second kappa shape index (κ2) is 4.85. The van der Waals surface area contributed by atoms with E-state index in [1.165, 1.54) is 0 Å². The Morgan fingerprint density at radius 2 is 2.21 bits per heavy atom. The van der Waals surface area contributed by atoms with Crippen LogP contribution in [-0.2, 0) is 4.74 Å². The van der Waals surface area contributed by atoms with Gasteiger partial charge in [-0.2, -0.15) is 0 Å². The molecule has 0 spiro atoms. The van der Waals surface area contributed by atoms with Crippen molar-refractivity contribution in [1.29, 1.82) is 0 Å². The first-order chi connectivity index (χ1) is 6.56. The zero-order chi connectivity index (χ0) is 10.7. The average Bonchev–Trinajstić information content (AvgIpc) is 2.11. The fourth-order valence-corrected chi connectivity index (χ4v) is 1.87. The van der Waals surface area contributed by atoms with Gasteiger partial charge in [0.25, 0.3) is 0 Å². The maximum absolute atomic E-state index is 6.06. The summed E-state index contributed by atoms with van der Waals surface area (Å²) in [4.78, 5) is 0. The molecule has 0 saturated heterocycles. The Kier molecular flexibility index (Phi) is 4.02. The van der Waals surface area contributed by atoms with Gasteiger partial charge in [0.1, 0.15) is 5.76 Å². The Labute approximate surface area is 97.9 Å². The Morgan fingerprint density at radius 3 is 2.79 bits per heavy atom. The summed E-state index contributed by atoms with van der Waals surface area (Å²) in [6.45, 7) is 8.35. The Bertz CT molecular complexity index is 361. The van der Waals surface area contributed by atoms with Crippen molar-refractivity contribution in [1.82, 2.24) is 0 Å². The maximum Gasteiger partial charge on any atom is 0.120 e. The molecule has 0 aliphatic heterocycles. The highest BCUT2D eigenvalue weighted by molar-refractivity contribution is 9.10. The summed E-state index contributed by atoms with van der Waals surface area (Å²) in [7, 11) is 0. The first-order valence-corrected chi connectivity index (χ1v) is 5.51.